The highest BCUT2D eigenvalue weighted by Crippen LogP contribution is 2.15. The van der Waals surface area contributed by atoms with Crippen LogP contribution in [-0.4, -0.2) is 30.1 Å². The lowest BCUT2D eigenvalue weighted by Gasteiger charge is -2.24. The van der Waals surface area contributed by atoms with Gasteiger partial charge in [-0.05, 0) is 12.8 Å². The molecule has 1 aliphatic rings. The Hall–Kier alpha value is -0.590. The normalized spacial score (nSPS) is 26.9. The lowest BCUT2D eigenvalue weighted by Crippen LogP contribution is -2.34. The molecule has 0 radical (unpaired) electrons. The summed E-state index contributed by atoms with van der Waals surface area (Å²) in [6.07, 6.45) is 2.78. The van der Waals surface area contributed by atoms with E-state index in [1.54, 1.807) is 0 Å². The van der Waals surface area contributed by atoms with Crippen LogP contribution in [0, 0.1) is 11.3 Å². The fraction of sp³-hybridized carbons (Fsp3) is 0.889. The summed E-state index contributed by atoms with van der Waals surface area (Å²) in [6, 6.07) is 2.99. The Kier molecular flexibility index (Phi) is 3.51. The molecule has 0 saturated carbocycles. The van der Waals surface area contributed by atoms with E-state index in [4.69, 9.17) is 11.0 Å². The van der Waals surface area contributed by atoms with Crippen LogP contribution < -0.4 is 5.73 Å². The maximum Gasteiger partial charge on any atom is 0.0638 e. The Balaban J connectivity index is 2.39. The van der Waals surface area contributed by atoms with E-state index in [1.165, 1.54) is 0 Å². The third-order valence-corrected chi connectivity index (χ3v) is 2.57. The van der Waals surface area contributed by atoms with Gasteiger partial charge in [-0.25, -0.2) is 0 Å². The molecular formula is C9H17N3. The first-order chi connectivity index (χ1) is 5.77. The van der Waals surface area contributed by atoms with E-state index in [9.17, 15) is 0 Å². The molecule has 0 aromatic rings. The topological polar surface area (TPSA) is 53.0 Å². The molecule has 1 fully saturated rings. The Labute approximate surface area is 74.1 Å². The van der Waals surface area contributed by atoms with Crippen molar-refractivity contribution in [3.8, 4) is 6.07 Å². The SMILES string of the molecule is CCC(CC#N)N1CC[C@H](N)C1. The molecule has 0 bridgehead atoms. The van der Waals surface area contributed by atoms with Crippen molar-refractivity contribution < 1.29 is 0 Å². The molecule has 2 atom stereocenters. The highest BCUT2D eigenvalue weighted by Gasteiger charge is 2.24. The first-order valence-corrected chi connectivity index (χ1v) is 4.64. The second kappa shape index (κ2) is 4.44. The average Bonchev–Trinajstić information content (AvgIpc) is 2.47. The van der Waals surface area contributed by atoms with Crippen LogP contribution in [0.4, 0.5) is 0 Å². The molecule has 1 unspecified atom stereocenters. The molecule has 12 heavy (non-hydrogen) atoms. The van der Waals surface area contributed by atoms with E-state index in [0.717, 1.165) is 25.9 Å². The van der Waals surface area contributed by atoms with Gasteiger partial charge in [0.2, 0.25) is 0 Å². The molecule has 1 saturated heterocycles. The van der Waals surface area contributed by atoms with Crippen LogP contribution in [0.1, 0.15) is 26.2 Å². The zero-order chi connectivity index (χ0) is 8.97. The molecule has 1 rings (SSSR count). The Bertz CT molecular complexity index is 173. The number of hydrogen-bond acceptors (Lipinski definition) is 3. The summed E-state index contributed by atoms with van der Waals surface area (Å²) in [4.78, 5) is 2.34. The highest BCUT2D eigenvalue weighted by atomic mass is 15.2. The Morgan fingerprint density at radius 2 is 2.50 bits per heavy atom. The summed E-state index contributed by atoms with van der Waals surface area (Å²) in [7, 11) is 0. The van der Waals surface area contributed by atoms with Crippen LogP contribution in [0.3, 0.4) is 0 Å². The van der Waals surface area contributed by atoms with E-state index in [2.05, 4.69) is 17.9 Å². The lowest BCUT2D eigenvalue weighted by atomic mass is 10.1. The lowest BCUT2D eigenvalue weighted by molar-refractivity contribution is 0.236. The summed E-state index contributed by atoms with van der Waals surface area (Å²) >= 11 is 0. The van der Waals surface area contributed by atoms with Gasteiger partial charge in [0.15, 0.2) is 0 Å². The van der Waals surface area contributed by atoms with Crippen molar-refractivity contribution in [2.45, 2.75) is 38.3 Å². The summed E-state index contributed by atoms with van der Waals surface area (Å²) in [5.41, 5.74) is 5.79. The number of likely N-dealkylation sites (tertiary alicyclic amines) is 1. The zero-order valence-electron chi connectivity index (χ0n) is 7.66. The van der Waals surface area contributed by atoms with Crippen molar-refractivity contribution in [1.82, 2.24) is 4.90 Å². The molecule has 2 N–H and O–H groups in total. The van der Waals surface area contributed by atoms with Gasteiger partial charge in [-0.15, -0.1) is 0 Å². The van der Waals surface area contributed by atoms with Crippen molar-refractivity contribution in [2.24, 2.45) is 5.73 Å². The summed E-state index contributed by atoms with van der Waals surface area (Å²) in [5.74, 6) is 0. The van der Waals surface area contributed by atoms with Crippen molar-refractivity contribution in [3.05, 3.63) is 0 Å². The molecule has 68 valence electrons. The molecule has 0 spiro atoms. The van der Waals surface area contributed by atoms with Crippen LogP contribution in [0.5, 0.6) is 0 Å². The Morgan fingerprint density at radius 3 is 2.92 bits per heavy atom. The fourth-order valence-electron chi connectivity index (χ4n) is 1.78. The number of nitriles is 1. The first kappa shape index (κ1) is 9.50. The number of rotatable bonds is 3. The molecule has 1 heterocycles. The minimum absolute atomic E-state index is 0.331. The average molecular weight is 167 g/mol. The van der Waals surface area contributed by atoms with Gasteiger partial charge in [0.05, 0.1) is 12.5 Å². The smallest absolute Gasteiger partial charge is 0.0638 e. The first-order valence-electron chi connectivity index (χ1n) is 4.64. The fourth-order valence-corrected chi connectivity index (χ4v) is 1.78. The second-order valence-electron chi connectivity index (χ2n) is 3.47. The van der Waals surface area contributed by atoms with Gasteiger partial charge in [-0.2, -0.15) is 5.26 Å². The van der Waals surface area contributed by atoms with Gasteiger partial charge in [-0.3, -0.25) is 4.90 Å². The zero-order valence-corrected chi connectivity index (χ0v) is 7.66. The summed E-state index contributed by atoms with van der Waals surface area (Å²) in [5, 5.41) is 8.59. The van der Waals surface area contributed by atoms with E-state index in [1.807, 2.05) is 0 Å². The van der Waals surface area contributed by atoms with Crippen molar-refractivity contribution >= 4 is 0 Å². The molecule has 0 aliphatic carbocycles. The second-order valence-corrected chi connectivity index (χ2v) is 3.47. The Morgan fingerprint density at radius 1 is 1.75 bits per heavy atom. The molecule has 0 amide bonds. The predicted octanol–water partition coefficient (Wildman–Crippen LogP) is 0.712. The maximum atomic E-state index is 8.59. The predicted molar refractivity (Wildman–Crippen MR) is 48.5 cm³/mol. The number of nitrogens with two attached hydrogens (primary N) is 1. The van der Waals surface area contributed by atoms with Gasteiger partial charge in [0.1, 0.15) is 0 Å². The van der Waals surface area contributed by atoms with Gasteiger partial charge in [0.25, 0.3) is 0 Å². The minimum Gasteiger partial charge on any atom is -0.326 e. The van der Waals surface area contributed by atoms with Crippen LogP contribution in [-0.2, 0) is 0 Å². The van der Waals surface area contributed by atoms with Crippen LogP contribution in [0.15, 0.2) is 0 Å². The molecule has 1 aliphatic heterocycles. The standard InChI is InChI=1S/C9H17N3/c1-2-9(3-5-10)12-6-4-8(11)7-12/h8-9H,2-4,6-7,11H2,1H3/t8-,9?/m0/s1. The van der Waals surface area contributed by atoms with Crippen LogP contribution >= 0.6 is 0 Å². The van der Waals surface area contributed by atoms with E-state index < -0.39 is 0 Å². The van der Waals surface area contributed by atoms with E-state index in [-0.39, 0.29) is 0 Å². The molecular weight excluding hydrogens is 150 g/mol. The van der Waals surface area contributed by atoms with Crippen LogP contribution in [0.25, 0.3) is 0 Å². The van der Waals surface area contributed by atoms with Gasteiger partial charge < -0.3 is 5.73 Å². The quantitative estimate of drug-likeness (QED) is 0.673. The summed E-state index contributed by atoms with van der Waals surface area (Å²) in [6.45, 7) is 4.17. The molecule has 0 aromatic carbocycles. The highest BCUT2D eigenvalue weighted by molar-refractivity contribution is 4.87. The van der Waals surface area contributed by atoms with Gasteiger partial charge in [-0.1, -0.05) is 6.92 Å². The van der Waals surface area contributed by atoms with Gasteiger partial charge in [0, 0.05) is 25.2 Å². The number of nitrogens with zero attached hydrogens (tertiary/aromatic N) is 2. The van der Waals surface area contributed by atoms with E-state index >= 15 is 0 Å². The van der Waals surface area contributed by atoms with Gasteiger partial charge >= 0.3 is 0 Å². The third kappa shape index (κ3) is 2.20. The largest absolute Gasteiger partial charge is 0.326 e. The monoisotopic (exact) mass is 167 g/mol. The van der Waals surface area contributed by atoms with Crippen LogP contribution in [0.2, 0.25) is 0 Å². The van der Waals surface area contributed by atoms with Crippen molar-refractivity contribution in [2.75, 3.05) is 13.1 Å². The minimum atomic E-state index is 0.331. The summed E-state index contributed by atoms with van der Waals surface area (Å²) < 4.78 is 0. The number of hydrogen-bond donors (Lipinski definition) is 1. The van der Waals surface area contributed by atoms with Crippen molar-refractivity contribution in [1.29, 1.82) is 5.26 Å². The van der Waals surface area contributed by atoms with Crippen molar-refractivity contribution in [3.63, 3.8) is 0 Å². The maximum absolute atomic E-state index is 8.59. The molecule has 3 heteroatoms. The van der Waals surface area contributed by atoms with E-state index in [0.29, 0.717) is 18.5 Å². The molecule has 3 nitrogen and oxygen atoms in total. The third-order valence-electron chi connectivity index (χ3n) is 2.57. The molecule has 0 aromatic heterocycles.